The van der Waals surface area contributed by atoms with E-state index in [1.807, 2.05) is 0 Å². The maximum absolute atomic E-state index is 12.4. The van der Waals surface area contributed by atoms with Gasteiger partial charge in [-0.05, 0) is 24.6 Å². The number of carbonyl (C=O) groups excluding carboxylic acids is 2. The Kier molecular flexibility index (Phi) is 5.05. The van der Waals surface area contributed by atoms with E-state index < -0.39 is 0 Å². The van der Waals surface area contributed by atoms with Gasteiger partial charge in [0.05, 0.1) is 11.1 Å². The second-order valence-electron chi connectivity index (χ2n) is 7.41. The molecule has 5 heteroatoms. The molecule has 0 unspecified atom stereocenters. The van der Waals surface area contributed by atoms with Gasteiger partial charge in [0.2, 0.25) is 0 Å². The van der Waals surface area contributed by atoms with E-state index in [2.05, 4.69) is 41.0 Å². The van der Waals surface area contributed by atoms with E-state index in [0.29, 0.717) is 17.7 Å². The van der Waals surface area contributed by atoms with Crippen LogP contribution in [0, 0.1) is 6.92 Å². The molecule has 0 atom stereocenters. The third-order valence-corrected chi connectivity index (χ3v) is 5.47. The van der Waals surface area contributed by atoms with Crippen molar-refractivity contribution in [3.8, 4) is 0 Å². The van der Waals surface area contributed by atoms with E-state index in [4.69, 9.17) is 0 Å². The molecule has 4 rings (SSSR count). The van der Waals surface area contributed by atoms with Crippen LogP contribution >= 0.6 is 0 Å². The minimum atomic E-state index is -0.159. The van der Waals surface area contributed by atoms with Crippen LogP contribution in [0.5, 0.6) is 0 Å². The zero-order valence-corrected chi connectivity index (χ0v) is 15.7. The number of piperazine rings is 1. The SMILES string of the molecule is Cc1cccc(CN2CCN(CCN3C(=O)c4ccccc4C3=O)CC2)c1. The van der Waals surface area contributed by atoms with Gasteiger partial charge in [-0.1, -0.05) is 42.0 Å². The van der Waals surface area contributed by atoms with E-state index in [1.54, 1.807) is 24.3 Å². The van der Waals surface area contributed by atoms with Gasteiger partial charge in [-0.3, -0.25) is 24.3 Å². The van der Waals surface area contributed by atoms with Gasteiger partial charge < -0.3 is 0 Å². The molecular weight excluding hydrogens is 338 g/mol. The Morgan fingerprint density at radius 1 is 0.778 bits per heavy atom. The van der Waals surface area contributed by atoms with Crippen LogP contribution in [0.3, 0.4) is 0 Å². The first kappa shape index (κ1) is 17.9. The highest BCUT2D eigenvalue weighted by Gasteiger charge is 2.35. The van der Waals surface area contributed by atoms with Gasteiger partial charge >= 0.3 is 0 Å². The molecular formula is C22H25N3O2. The number of carbonyl (C=O) groups is 2. The average Bonchev–Trinajstić information content (AvgIpc) is 2.92. The maximum Gasteiger partial charge on any atom is 0.261 e. The molecule has 2 aromatic rings. The maximum atomic E-state index is 12.4. The first-order chi connectivity index (χ1) is 13.1. The number of fused-ring (bicyclic) bond motifs is 1. The van der Waals surface area contributed by atoms with E-state index in [0.717, 1.165) is 39.3 Å². The lowest BCUT2D eigenvalue weighted by atomic mass is 10.1. The molecule has 0 N–H and O–H groups in total. The van der Waals surface area contributed by atoms with Crippen LogP contribution in [0.25, 0.3) is 0 Å². The lowest BCUT2D eigenvalue weighted by Gasteiger charge is -2.35. The summed E-state index contributed by atoms with van der Waals surface area (Å²) in [5.74, 6) is -0.317. The van der Waals surface area contributed by atoms with Gasteiger partial charge in [0, 0.05) is 45.8 Å². The van der Waals surface area contributed by atoms with Crippen molar-refractivity contribution in [3.63, 3.8) is 0 Å². The van der Waals surface area contributed by atoms with Gasteiger partial charge in [0.15, 0.2) is 0 Å². The Bertz CT molecular complexity index is 821. The molecule has 0 saturated carbocycles. The van der Waals surface area contributed by atoms with E-state index in [9.17, 15) is 9.59 Å². The fraction of sp³-hybridized carbons (Fsp3) is 0.364. The third kappa shape index (κ3) is 3.80. The minimum Gasteiger partial charge on any atom is -0.299 e. The van der Waals surface area contributed by atoms with Crippen molar-refractivity contribution in [2.75, 3.05) is 39.3 Å². The van der Waals surface area contributed by atoms with Crippen LogP contribution < -0.4 is 0 Å². The van der Waals surface area contributed by atoms with Gasteiger partial charge in [0.1, 0.15) is 0 Å². The summed E-state index contributed by atoms with van der Waals surface area (Å²) >= 11 is 0. The standard InChI is InChI=1S/C22H25N3O2/c1-17-5-4-6-18(15-17)16-24-11-9-23(10-12-24)13-14-25-21(26)19-7-2-3-8-20(19)22(25)27/h2-8,15H,9-14,16H2,1H3. The molecule has 27 heavy (non-hydrogen) atoms. The number of aryl methyl sites for hydroxylation is 1. The highest BCUT2D eigenvalue weighted by atomic mass is 16.2. The number of hydrogen-bond donors (Lipinski definition) is 0. The molecule has 2 aromatic carbocycles. The van der Waals surface area contributed by atoms with Crippen LogP contribution in [0.15, 0.2) is 48.5 Å². The van der Waals surface area contributed by atoms with Gasteiger partial charge in [-0.25, -0.2) is 0 Å². The molecule has 0 radical (unpaired) electrons. The summed E-state index contributed by atoms with van der Waals surface area (Å²) in [5, 5.41) is 0. The van der Waals surface area contributed by atoms with Gasteiger partial charge in [-0.2, -0.15) is 0 Å². The minimum absolute atomic E-state index is 0.159. The van der Waals surface area contributed by atoms with E-state index >= 15 is 0 Å². The Morgan fingerprint density at radius 2 is 1.41 bits per heavy atom. The van der Waals surface area contributed by atoms with Crippen molar-refractivity contribution in [1.82, 2.24) is 14.7 Å². The predicted molar refractivity (Wildman–Crippen MR) is 105 cm³/mol. The molecule has 1 saturated heterocycles. The van der Waals surface area contributed by atoms with E-state index in [1.165, 1.54) is 16.0 Å². The molecule has 0 aromatic heterocycles. The molecule has 2 amide bonds. The summed E-state index contributed by atoms with van der Waals surface area (Å²) in [4.78, 5) is 31.1. The third-order valence-electron chi connectivity index (χ3n) is 5.47. The van der Waals surface area contributed by atoms with Crippen LogP contribution in [-0.2, 0) is 6.54 Å². The van der Waals surface area contributed by atoms with Crippen molar-refractivity contribution in [3.05, 3.63) is 70.8 Å². The lowest BCUT2D eigenvalue weighted by Crippen LogP contribution is -2.48. The van der Waals surface area contributed by atoms with Gasteiger partial charge in [0.25, 0.3) is 11.8 Å². The van der Waals surface area contributed by atoms with Crippen LogP contribution in [0.1, 0.15) is 31.8 Å². The van der Waals surface area contributed by atoms with E-state index in [-0.39, 0.29) is 11.8 Å². The molecule has 2 aliphatic rings. The summed E-state index contributed by atoms with van der Waals surface area (Å²) in [6.07, 6.45) is 0. The van der Waals surface area contributed by atoms with Crippen molar-refractivity contribution in [2.45, 2.75) is 13.5 Å². The average molecular weight is 363 g/mol. The van der Waals surface area contributed by atoms with Crippen molar-refractivity contribution >= 4 is 11.8 Å². The summed E-state index contributed by atoms with van der Waals surface area (Å²) in [5.41, 5.74) is 3.72. The zero-order valence-electron chi connectivity index (χ0n) is 15.7. The molecule has 2 heterocycles. The Hall–Kier alpha value is -2.50. The largest absolute Gasteiger partial charge is 0.299 e. The highest BCUT2D eigenvalue weighted by Crippen LogP contribution is 2.22. The summed E-state index contributed by atoms with van der Waals surface area (Å²) in [6.45, 7) is 8.26. The molecule has 0 bridgehead atoms. The number of hydrogen-bond acceptors (Lipinski definition) is 4. The molecule has 0 spiro atoms. The highest BCUT2D eigenvalue weighted by molar-refractivity contribution is 6.21. The fourth-order valence-electron chi connectivity index (χ4n) is 3.92. The monoisotopic (exact) mass is 363 g/mol. The quantitative estimate of drug-likeness (QED) is 0.766. The molecule has 5 nitrogen and oxygen atoms in total. The van der Waals surface area contributed by atoms with Crippen molar-refractivity contribution < 1.29 is 9.59 Å². The Labute approximate surface area is 160 Å². The number of amides is 2. The van der Waals surface area contributed by atoms with Gasteiger partial charge in [-0.15, -0.1) is 0 Å². The Balaban J connectivity index is 1.27. The lowest BCUT2D eigenvalue weighted by molar-refractivity contribution is 0.0612. The topological polar surface area (TPSA) is 43.9 Å². The molecule has 0 aliphatic carbocycles. The predicted octanol–water partition coefficient (Wildman–Crippen LogP) is 2.41. The number of benzene rings is 2. The van der Waals surface area contributed by atoms with Crippen LogP contribution in [0.2, 0.25) is 0 Å². The smallest absolute Gasteiger partial charge is 0.261 e. The van der Waals surface area contributed by atoms with Crippen LogP contribution in [0.4, 0.5) is 0 Å². The summed E-state index contributed by atoms with van der Waals surface area (Å²) < 4.78 is 0. The fourth-order valence-corrected chi connectivity index (χ4v) is 3.92. The van der Waals surface area contributed by atoms with Crippen molar-refractivity contribution in [1.29, 1.82) is 0 Å². The second-order valence-corrected chi connectivity index (χ2v) is 7.41. The van der Waals surface area contributed by atoms with Crippen molar-refractivity contribution in [2.24, 2.45) is 0 Å². The molecule has 1 fully saturated rings. The summed E-state index contributed by atoms with van der Waals surface area (Å²) in [6, 6.07) is 15.8. The normalized spacial score (nSPS) is 18.2. The summed E-state index contributed by atoms with van der Waals surface area (Å²) in [7, 11) is 0. The Morgan fingerprint density at radius 3 is 2.04 bits per heavy atom. The number of nitrogens with zero attached hydrogens (tertiary/aromatic N) is 3. The first-order valence-corrected chi connectivity index (χ1v) is 9.57. The number of rotatable bonds is 5. The first-order valence-electron chi connectivity index (χ1n) is 9.57. The zero-order chi connectivity index (χ0) is 18.8. The second kappa shape index (κ2) is 7.62. The molecule has 140 valence electrons. The molecule has 2 aliphatic heterocycles. The van der Waals surface area contributed by atoms with Crippen LogP contribution in [-0.4, -0.2) is 65.8 Å². The number of imide groups is 1.